The largest absolute Gasteiger partial charge is 0.495 e. The minimum Gasteiger partial charge on any atom is -0.495 e. The molecular weight excluding hydrogens is 382 g/mol. The average Bonchev–Trinajstić information content (AvgIpc) is 3.30. The number of halogens is 1. The molecule has 0 saturated carbocycles. The summed E-state index contributed by atoms with van der Waals surface area (Å²) in [6, 6.07) is 6.05. The molecule has 1 atom stereocenters. The van der Waals surface area contributed by atoms with Crippen molar-refractivity contribution in [3.63, 3.8) is 0 Å². The minimum atomic E-state index is 0.321. The van der Waals surface area contributed by atoms with E-state index in [1.54, 1.807) is 25.5 Å². The van der Waals surface area contributed by atoms with Gasteiger partial charge in [-0.05, 0) is 31.5 Å². The number of aromatic nitrogens is 1. The summed E-state index contributed by atoms with van der Waals surface area (Å²) in [5, 5.41) is 8.77. The predicted molar refractivity (Wildman–Crippen MR) is 114 cm³/mol. The molecule has 0 spiro atoms. The highest BCUT2D eigenvalue weighted by Gasteiger charge is 2.25. The summed E-state index contributed by atoms with van der Waals surface area (Å²) >= 11 is 7.92. The molecule has 8 heteroatoms. The zero-order chi connectivity index (χ0) is 19.2. The standard InChI is InChI=1S/C19H26ClN5OS/c1-13-11-23-18(27-13)6-8-22-19(21-2)24-15-7-9-25(12-15)16-10-14(20)4-5-17(16)26-3/h4-5,10-11,15H,6-9,12H2,1-3H3,(H2,21,22,24). The van der Waals surface area contributed by atoms with Crippen molar-refractivity contribution < 1.29 is 4.74 Å². The highest BCUT2D eigenvalue weighted by Crippen LogP contribution is 2.33. The maximum absolute atomic E-state index is 6.17. The molecule has 2 heterocycles. The first-order chi connectivity index (χ1) is 13.1. The monoisotopic (exact) mass is 407 g/mol. The lowest BCUT2D eigenvalue weighted by Gasteiger charge is -2.22. The first-order valence-electron chi connectivity index (χ1n) is 9.06. The van der Waals surface area contributed by atoms with Crippen molar-refractivity contribution in [2.45, 2.75) is 25.8 Å². The van der Waals surface area contributed by atoms with Gasteiger partial charge < -0.3 is 20.3 Å². The first kappa shape index (κ1) is 19.8. The Morgan fingerprint density at radius 2 is 2.33 bits per heavy atom. The van der Waals surface area contributed by atoms with Crippen molar-refractivity contribution in [2.75, 3.05) is 38.7 Å². The lowest BCUT2D eigenvalue weighted by Crippen LogP contribution is -2.45. The molecule has 0 aliphatic carbocycles. The van der Waals surface area contributed by atoms with Gasteiger partial charge in [0.15, 0.2) is 5.96 Å². The number of rotatable bonds is 6. The smallest absolute Gasteiger partial charge is 0.191 e. The van der Waals surface area contributed by atoms with Crippen molar-refractivity contribution in [1.82, 2.24) is 15.6 Å². The molecule has 27 heavy (non-hydrogen) atoms. The van der Waals surface area contributed by atoms with Gasteiger partial charge in [0.2, 0.25) is 0 Å². The Hall–Kier alpha value is -1.99. The Balaban J connectivity index is 1.51. The van der Waals surface area contributed by atoms with E-state index in [0.717, 1.165) is 59.9 Å². The fourth-order valence-electron chi connectivity index (χ4n) is 3.20. The number of benzene rings is 1. The second kappa shape index (κ2) is 9.28. The average molecular weight is 408 g/mol. The van der Waals surface area contributed by atoms with Crippen LogP contribution in [-0.2, 0) is 6.42 Å². The molecule has 1 aliphatic rings. The van der Waals surface area contributed by atoms with E-state index in [2.05, 4.69) is 32.4 Å². The van der Waals surface area contributed by atoms with Crippen molar-refractivity contribution in [3.05, 3.63) is 39.3 Å². The van der Waals surface area contributed by atoms with Crippen LogP contribution in [0.3, 0.4) is 0 Å². The molecule has 0 bridgehead atoms. The van der Waals surface area contributed by atoms with Gasteiger partial charge in [0.05, 0.1) is 17.8 Å². The van der Waals surface area contributed by atoms with Crippen molar-refractivity contribution in [2.24, 2.45) is 4.99 Å². The molecule has 1 unspecified atom stereocenters. The van der Waals surface area contributed by atoms with E-state index < -0.39 is 0 Å². The van der Waals surface area contributed by atoms with E-state index >= 15 is 0 Å². The molecule has 2 aromatic rings. The number of aryl methyl sites for hydroxylation is 1. The predicted octanol–water partition coefficient (Wildman–Crippen LogP) is 3.10. The Morgan fingerprint density at radius 1 is 1.48 bits per heavy atom. The summed E-state index contributed by atoms with van der Waals surface area (Å²) in [4.78, 5) is 12.3. The second-order valence-electron chi connectivity index (χ2n) is 6.51. The van der Waals surface area contributed by atoms with Crippen LogP contribution in [0.1, 0.15) is 16.3 Å². The van der Waals surface area contributed by atoms with Gasteiger partial charge in [-0.2, -0.15) is 0 Å². The maximum Gasteiger partial charge on any atom is 0.191 e. The molecule has 1 saturated heterocycles. The Labute approximate surface area is 169 Å². The number of thiazole rings is 1. The molecule has 0 amide bonds. The molecule has 1 fully saturated rings. The minimum absolute atomic E-state index is 0.321. The Bertz CT molecular complexity index is 794. The quantitative estimate of drug-likeness (QED) is 0.569. The molecule has 0 radical (unpaired) electrons. The van der Waals surface area contributed by atoms with Gasteiger partial charge in [0, 0.05) is 55.2 Å². The van der Waals surface area contributed by atoms with E-state index in [1.807, 2.05) is 24.4 Å². The van der Waals surface area contributed by atoms with E-state index in [0.29, 0.717) is 6.04 Å². The molecule has 1 aromatic carbocycles. The third-order valence-electron chi connectivity index (χ3n) is 4.53. The fraction of sp³-hybridized carbons (Fsp3) is 0.474. The number of nitrogens with one attached hydrogen (secondary N) is 2. The van der Waals surface area contributed by atoms with Gasteiger partial charge in [-0.1, -0.05) is 11.6 Å². The van der Waals surface area contributed by atoms with Crippen LogP contribution in [0.5, 0.6) is 5.75 Å². The number of aliphatic imine (C=N–C) groups is 1. The molecular formula is C19H26ClN5OS. The summed E-state index contributed by atoms with van der Waals surface area (Å²) in [6.45, 7) is 4.72. The van der Waals surface area contributed by atoms with Gasteiger partial charge in [-0.3, -0.25) is 4.99 Å². The fourth-order valence-corrected chi connectivity index (χ4v) is 4.15. The van der Waals surface area contributed by atoms with Crippen molar-refractivity contribution in [1.29, 1.82) is 0 Å². The SMILES string of the molecule is CN=C(NCCc1ncc(C)s1)NC1CCN(c2cc(Cl)ccc2OC)C1. The van der Waals surface area contributed by atoms with Crippen LogP contribution < -0.4 is 20.3 Å². The van der Waals surface area contributed by atoms with Crippen molar-refractivity contribution in [3.8, 4) is 5.75 Å². The summed E-state index contributed by atoms with van der Waals surface area (Å²) in [6.07, 6.45) is 3.85. The molecule has 1 aromatic heterocycles. The van der Waals surface area contributed by atoms with Crippen LogP contribution in [0.15, 0.2) is 29.4 Å². The van der Waals surface area contributed by atoms with E-state index in [1.165, 1.54) is 4.88 Å². The van der Waals surface area contributed by atoms with Gasteiger partial charge >= 0.3 is 0 Å². The van der Waals surface area contributed by atoms with Crippen LogP contribution in [0.25, 0.3) is 0 Å². The Kier molecular flexibility index (Phi) is 6.79. The van der Waals surface area contributed by atoms with E-state index in [-0.39, 0.29) is 0 Å². The summed E-state index contributed by atoms with van der Waals surface area (Å²) in [5.41, 5.74) is 1.04. The van der Waals surface area contributed by atoms with Gasteiger partial charge in [0.1, 0.15) is 5.75 Å². The number of nitrogens with zero attached hydrogens (tertiary/aromatic N) is 3. The zero-order valence-corrected chi connectivity index (χ0v) is 17.5. The number of methoxy groups -OCH3 is 1. The third kappa shape index (κ3) is 5.26. The van der Waals surface area contributed by atoms with Crippen LogP contribution in [-0.4, -0.2) is 50.8 Å². The second-order valence-corrected chi connectivity index (χ2v) is 8.26. The normalized spacial score (nSPS) is 17.3. The third-order valence-corrected chi connectivity index (χ3v) is 5.74. The topological polar surface area (TPSA) is 61.8 Å². The van der Waals surface area contributed by atoms with Gasteiger partial charge in [-0.15, -0.1) is 11.3 Å². The van der Waals surface area contributed by atoms with Crippen LogP contribution in [0.4, 0.5) is 5.69 Å². The highest BCUT2D eigenvalue weighted by atomic mass is 35.5. The number of ether oxygens (including phenoxy) is 1. The van der Waals surface area contributed by atoms with Gasteiger partial charge in [-0.25, -0.2) is 4.98 Å². The van der Waals surface area contributed by atoms with Crippen LogP contribution >= 0.6 is 22.9 Å². The Morgan fingerprint density at radius 3 is 3.04 bits per heavy atom. The lowest BCUT2D eigenvalue weighted by molar-refractivity contribution is 0.415. The first-order valence-corrected chi connectivity index (χ1v) is 10.3. The summed E-state index contributed by atoms with van der Waals surface area (Å²) in [7, 11) is 3.49. The number of guanidine groups is 1. The van der Waals surface area contributed by atoms with Gasteiger partial charge in [0.25, 0.3) is 0 Å². The number of anilines is 1. The molecule has 1 aliphatic heterocycles. The summed E-state index contributed by atoms with van der Waals surface area (Å²) in [5.74, 6) is 1.68. The lowest BCUT2D eigenvalue weighted by atomic mass is 10.2. The molecule has 6 nitrogen and oxygen atoms in total. The van der Waals surface area contributed by atoms with Crippen LogP contribution in [0, 0.1) is 6.92 Å². The molecule has 3 rings (SSSR count). The van der Waals surface area contributed by atoms with Crippen LogP contribution in [0.2, 0.25) is 5.02 Å². The number of hydrogen-bond donors (Lipinski definition) is 2. The highest BCUT2D eigenvalue weighted by molar-refractivity contribution is 7.11. The number of hydrogen-bond acceptors (Lipinski definition) is 5. The molecule has 146 valence electrons. The van der Waals surface area contributed by atoms with E-state index in [4.69, 9.17) is 16.3 Å². The zero-order valence-electron chi connectivity index (χ0n) is 16.0. The summed E-state index contributed by atoms with van der Waals surface area (Å²) < 4.78 is 5.49. The van der Waals surface area contributed by atoms with E-state index in [9.17, 15) is 0 Å². The molecule has 2 N–H and O–H groups in total. The maximum atomic E-state index is 6.17. The van der Waals surface area contributed by atoms with Crippen molar-refractivity contribution >= 4 is 34.6 Å².